The topological polar surface area (TPSA) is 41.3 Å². The highest BCUT2D eigenvalue weighted by Crippen LogP contribution is 2.20. The number of benzene rings is 1. The zero-order valence-electron chi connectivity index (χ0n) is 9.29. The molecule has 0 aliphatic carbocycles. The second-order valence-corrected chi connectivity index (χ2v) is 4.13. The summed E-state index contributed by atoms with van der Waals surface area (Å²) in [5, 5.41) is 3.41. The van der Waals surface area contributed by atoms with Gasteiger partial charge in [0, 0.05) is 31.0 Å². The number of nitrogen functional groups attached to an aromatic ring is 1. The quantitative estimate of drug-likeness (QED) is 0.681. The van der Waals surface area contributed by atoms with Gasteiger partial charge in [0.15, 0.2) is 0 Å². The van der Waals surface area contributed by atoms with Gasteiger partial charge in [-0.2, -0.15) is 0 Å². The molecule has 0 atom stereocenters. The van der Waals surface area contributed by atoms with Gasteiger partial charge in [0.2, 0.25) is 0 Å². The number of nitrogens with one attached hydrogen (secondary N) is 1. The van der Waals surface area contributed by atoms with E-state index in [1.165, 1.54) is 17.7 Å². The van der Waals surface area contributed by atoms with Crippen LogP contribution in [0.25, 0.3) is 0 Å². The molecule has 1 fully saturated rings. The van der Waals surface area contributed by atoms with Crippen LogP contribution >= 0.6 is 0 Å². The normalized spacial score (nSPS) is 17.5. The van der Waals surface area contributed by atoms with Gasteiger partial charge in [0.05, 0.1) is 0 Å². The highest BCUT2D eigenvalue weighted by Gasteiger charge is 2.09. The lowest BCUT2D eigenvalue weighted by Crippen LogP contribution is -2.27. The molecule has 1 heterocycles. The molecule has 3 N–H and O–H groups in total. The first-order chi connectivity index (χ1) is 7.27. The lowest BCUT2D eigenvalue weighted by atomic mass is 10.1. The Balaban J connectivity index is 2.16. The fourth-order valence-electron chi connectivity index (χ4n) is 1.96. The molecule has 0 radical (unpaired) electrons. The summed E-state index contributed by atoms with van der Waals surface area (Å²) in [5.74, 6) is 0. The van der Waals surface area contributed by atoms with Gasteiger partial charge >= 0.3 is 0 Å². The number of hydrogen-bond acceptors (Lipinski definition) is 3. The van der Waals surface area contributed by atoms with Gasteiger partial charge in [0.25, 0.3) is 0 Å². The number of aryl methyl sites for hydroxylation is 1. The number of rotatable bonds is 1. The van der Waals surface area contributed by atoms with Crippen LogP contribution in [0.1, 0.15) is 12.0 Å². The minimum absolute atomic E-state index is 0.881. The molecule has 15 heavy (non-hydrogen) atoms. The van der Waals surface area contributed by atoms with Gasteiger partial charge < -0.3 is 16.0 Å². The van der Waals surface area contributed by atoms with Crippen molar-refractivity contribution < 1.29 is 0 Å². The van der Waals surface area contributed by atoms with E-state index >= 15 is 0 Å². The number of anilines is 2. The Morgan fingerprint density at radius 2 is 2.13 bits per heavy atom. The standard InChI is InChI=1S/C12H19N3/c1-10-9-11(3-4-12(10)13)15-7-2-5-14-6-8-15/h3-4,9,14H,2,5-8,13H2,1H3. The zero-order chi connectivity index (χ0) is 10.7. The molecule has 3 nitrogen and oxygen atoms in total. The molecule has 82 valence electrons. The van der Waals surface area contributed by atoms with Crippen LogP contribution in [-0.2, 0) is 0 Å². The van der Waals surface area contributed by atoms with E-state index in [0.717, 1.165) is 31.9 Å². The molecule has 1 aromatic carbocycles. The Morgan fingerprint density at radius 1 is 1.27 bits per heavy atom. The average Bonchev–Trinajstić information content (AvgIpc) is 2.50. The van der Waals surface area contributed by atoms with E-state index in [9.17, 15) is 0 Å². The van der Waals surface area contributed by atoms with Crippen LogP contribution in [0.2, 0.25) is 0 Å². The van der Waals surface area contributed by atoms with Crippen molar-refractivity contribution in [2.24, 2.45) is 0 Å². The first-order valence-corrected chi connectivity index (χ1v) is 5.59. The molecule has 0 amide bonds. The van der Waals surface area contributed by atoms with E-state index in [1.807, 2.05) is 6.07 Å². The van der Waals surface area contributed by atoms with Crippen LogP contribution in [0.4, 0.5) is 11.4 Å². The predicted octanol–water partition coefficient (Wildman–Crippen LogP) is 1.38. The van der Waals surface area contributed by atoms with E-state index in [-0.39, 0.29) is 0 Å². The predicted molar refractivity (Wildman–Crippen MR) is 65.3 cm³/mol. The van der Waals surface area contributed by atoms with Crippen LogP contribution in [0.3, 0.4) is 0 Å². The van der Waals surface area contributed by atoms with E-state index in [2.05, 4.69) is 29.3 Å². The smallest absolute Gasteiger partial charge is 0.0370 e. The highest BCUT2D eigenvalue weighted by atomic mass is 15.2. The summed E-state index contributed by atoms with van der Waals surface area (Å²) in [7, 11) is 0. The lowest BCUT2D eigenvalue weighted by Gasteiger charge is -2.23. The summed E-state index contributed by atoms with van der Waals surface area (Å²) in [4.78, 5) is 2.42. The SMILES string of the molecule is Cc1cc(N2CCCNCC2)ccc1N. The van der Waals surface area contributed by atoms with Crippen LogP contribution in [0, 0.1) is 6.92 Å². The third-order valence-electron chi connectivity index (χ3n) is 2.96. The summed E-state index contributed by atoms with van der Waals surface area (Å²) in [5.41, 5.74) is 9.17. The van der Waals surface area contributed by atoms with Crippen molar-refractivity contribution in [3.05, 3.63) is 23.8 Å². The number of hydrogen-bond donors (Lipinski definition) is 2. The largest absolute Gasteiger partial charge is 0.399 e. The molecule has 2 rings (SSSR count). The molecule has 0 saturated carbocycles. The summed E-state index contributed by atoms with van der Waals surface area (Å²) in [6.45, 7) is 6.49. The second kappa shape index (κ2) is 4.53. The van der Waals surface area contributed by atoms with Crippen molar-refractivity contribution in [3.8, 4) is 0 Å². The van der Waals surface area contributed by atoms with Crippen LogP contribution in [0.15, 0.2) is 18.2 Å². The van der Waals surface area contributed by atoms with Crippen LogP contribution in [-0.4, -0.2) is 26.2 Å². The molecule has 3 heteroatoms. The maximum Gasteiger partial charge on any atom is 0.0370 e. The summed E-state index contributed by atoms with van der Waals surface area (Å²) in [6.07, 6.45) is 1.21. The number of nitrogens with two attached hydrogens (primary N) is 1. The molecule has 0 spiro atoms. The van der Waals surface area contributed by atoms with Gasteiger partial charge in [-0.15, -0.1) is 0 Å². The highest BCUT2D eigenvalue weighted by molar-refractivity contribution is 5.58. The summed E-state index contributed by atoms with van der Waals surface area (Å²) in [6, 6.07) is 6.30. The maximum atomic E-state index is 5.82. The third-order valence-corrected chi connectivity index (χ3v) is 2.96. The monoisotopic (exact) mass is 205 g/mol. The van der Waals surface area contributed by atoms with E-state index in [0.29, 0.717) is 0 Å². The van der Waals surface area contributed by atoms with Gasteiger partial charge in [-0.3, -0.25) is 0 Å². The molecular weight excluding hydrogens is 186 g/mol. The van der Waals surface area contributed by atoms with Gasteiger partial charge in [-0.25, -0.2) is 0 Å². The summed E-state index contributed by atoms with van der Waals surface area (Å²) < 4.78 is 0. The second-order valence-electron chi connectivity index (χ2n) is 4.13. The molecule has 1 saturated heterocycles. The molecule has 0 bridgehead atoms. The first kappa shape index (κ1) is 10.3. The van der Waals surface area contributed by atoms with Crippen molar-refractivity contribution in [3.63, 3.8) is 0 Å². The van der Waals surface area contributed by atoms with E-state index < -0.39 is 0 Å². The van der Waals surface area contributed by atoms with Crippen LogP contribution in [0.5, 0.6) is 0 Å². The molecular formula is C12H19N3. The van der Waals surface area contributed by atoms with Crippen molar-refractivity contribution in [1.82, 2.24) is 5.32 Å². The van der Waals surface area contributed by atoms with Gasteiger partial charge in [-0.1, -0.05) is 0 Å². The Labute approximate surface area is 91.3 Å². The van der Waals surface area contributed by atoms with Crippen molar-refractivity contribution in [2.45, 2.75) is 13.3 Å². The average molecular weight is 205 g/mol. The van der Waals surface area contributed by atoms with Crippen molar-refractivity contribution >= 4 is 11.4 Å². The molecule has 0 unspecified atom stereocenters. The molecule has 1 aromatic rings. The van der Waals surface area contributed by atoms with E-state index in [4.69, 9.17) is 5.73 Å². The fourth-order valence-corrected chi connectivity index (χ4v) is 1.96. The summed E-state index contributed by atoms with van der Waals surface area (Å²) >= 11 is 0. The third kappa shape index (κ3) is 2.42. The Bertz CT molecular complexity index is 328. The lowest BCUT2D eigenvalue weighted by molar-refractivity contribution is 0.724. The Hall–Kier alpha value is -1.22. The van der Waals surface area contributed by atoms with E-state index in [1.54, 1.807) is 0 Å². The first-order valence-electron chi connectivity index (χ1n) is 5.59. The van der Waals surface area contributed by atoms with Crippen molar-refractivity contribution in [2.75, 3.05) is 36.8 Å². The number of nitrogens with zero attached hydrogens (tertiary/aromatic N) is 1. The molecule has 1 aliphatic rings. The maximum absolute atomic E-state index is 5.82. The fraction of sp³-hybridized carbons (Fsp3) is 0.500. The minimum Gasteiger partial charge on any atom is -0.399 e. The van der Waals surface area contributed by atoms with Gasteiger partial charge in [-0.05, 0) is 43.7 Å². The minimum atomic E-state index is 0.881. The van der Waals surface area contributed by atoms with Crippen molar-refractivity contribution in [1.29, 1.82) is 0 Å². The molecule has 1 aliphatic heterocycles. The Kier molecular flexibility index (Phi) is 3.11. The van der Waals surface area contributed by atoms with Crippen LogP contribution < -0.4 is 16.0 Å². The zero-order valence-corrected chi connectivity index (χ0v) is 9.29. The Morgan fingerprint density at radius 3 is 2.93 bits per heavy atom. The van der Waals surface area contributed by atoms with Gasteiger partial charge in [0.1, 0.15) is 0 Å². The molecule has 0 aromatic heterocycles.